The highest BCUT2D eigenvalue weighted by molar-refractivity contribution is 7.52. The van der Waals surface area contributed by atoms with E-state index in [0.29, 0.717) is 11.2 Å². The molecule has 0 spiro atoms. The molecule has 0 amide bonds. The van der Waals surface area contributed by atoms with Gasteiger partial charge in [-0.2, -0.15) is 5.09 Å². The van der Waals surface area contributed by atoms with Gasteiger partial charge in [-0.15, -0.1) is 0 Å². The Morgan fingerprint density at radius 1 is 1.18 bits per heavy atom. The molecule has 5 atom stereocenters. The molecule has 210 valence electrons. The molecule has 1 fully saturated rings. The number of aliphatic hydroxyl groups excluding tert-OH is 1. The summed E-state index contributed by atoms with van der Waals surface area (Å²) < 4.78 is 38.1. The molecule has 1 aliphatic rings. The van der Waals surface area contributed by atoms with Crippen molar-refractivity contribution >= 4 is 30.7 Å². The van der Waals surface area contributed by atoms with Gasteiger partial charge in [-0.3, -0.25) is 13.9 Å². The number of fused-ring (bicyclic) bond motifs is 1. The number of carbonyl (C=O) groups excluding carboxylic acids is 1. The number of nitrogens with two attached hydrogens (primary N) is 1. The highest BCUT2D eigenvalue weighted by Gasteiger charge is 2.39. The zero-order valence-electron chi connectivity index (χ0n) is 21.6. The number of rotatable bonds is 11. The highest BCUT2D eigenvalue weighted by atomic mass is 31.2. The van der Waals surface area contributed by atoms with Crippen molar-refractivity contribution in [2.45, 2.75) is 44.4 Å². The predicted molar refractivity (Wildman–Crippen MR) is 144 cm³/mol. The van der Waals surface area contributed by atoms with Crippen LogP contribution in [0.2, 0.25) is 0 Å². The lowest BCUT2D eigenvalue weighted by Crippen LogP contribution is -2.35. The third-order valence-corrected chi connectivity index (χ3v) is 7.80. The van der Waals surface area contributed by atoms with Crippen LogP contribution in [0.25, 0.3) is 11.2 Å². The molecule has 1 unspecified atom stereocenters. The van der Waals surface area contributed by atoms with Crippen molar-refractivity contribution in [3.05, 3.63) is 78.9 Å². The highest BCUT2D eigenvalue weighted by Crippen LogP contribution is 2.46. The molecule has 13 nitrogen and oxygen atoms in total. The number of carbonyl (C=O) groups is 1. The Hall–Kier alpha value is -3.87. The van der Waals surface area contributed by atoms with Gasteiger partial charge in [0, 0.05) is 6.42 Å². The minimum Gasteiger partial charge on any atom is -0.460 e. The minimum absolute atomic E-state index is 0.0606. The number of nitrogens with one attached hydrogen (secondary N) is 1. The average molecular weight is 569 g/mol. The van der Waals surface area contributed by atoms with Crippen LogP contribution in [0.15, 0.2) is 73.3 Å². The molecule has 2 aromatic heterocycles. The van der Waals surface area contributed by atoms with Crippen LogP contribution in [0.3, 0.4) is 0 Å². The van der Waals surface area contributed by atoms with Crippen LogP contribution in [-0.4, -0.2) is 55.5 Å². The minimum atomic E-state index is -4.11. The molecule has 2 aromatic carbocycles. The zero-order chi connectivity index (χ0) is 28.1. The molecule has 0 radical (unpaired) electrons. The van der Waals surface area contributed by atoms with E-state index in [4.69, 9.17) is 24.3 Å². The summed E-state index contributed by atoms with van der Waals surface area (Å²) in [5, 5.41) is 13.4. The van der Waals surface area contributed by atoms with Crippen molar-refractivity contribution in [2.24, 2.45) is 0 Å². The lowest BCUT2D eigenvalue weighted by Gasteiger charge is -2.24. The first-order valence-corrected chi connectivity index (χ1v) is 14.1. The van der Waals surface area contributed by atoms with Crippen LogP contribution in [0.1, 0.15) is 25.1 Å². The molecule has 0 aliphatic carbocycles. The quantitative estimate of drug-likeness (QED) is 0.179. The lowest BCUT2D eigenvalue weighted by molar-refractivity contribution is -0.146. The zero-order valence-corrected chi connectivity index (χ0v) is 22.5. The molecule has 0 bridgehead atoms. The summed E-state index contributed by atoms with van der Waals surface area (Å²) in [5.41, 5.74) is 7.47. The van der Waals surface area contributed by atoms with E-state index in [9.17, 15) is 14.5 Å². The van der Waals surface area contributed by atoms with E-state index in [0.717, 1.165) is 5.56 Å². The monoisotopic (exact) mass is 568 g/mol. The Bertz CT molecular complexity index is 1490. The average Bonchev–Trinajstić information content (AvgIpc) is 3.55. The van der Waals surface area contributed by atoms with Gasteiger partial charge in [-0.1, -0.05) is 48.5 Å². The van der Waals surface area contributed by atoms with Gasteiger partial charge in [-0.25, -0.2) is 19.5 Å². The predicted octanol–water partition coefficient (Wildman–Crippen LogP) is 2.98. The number of ether oxygens (including phenoxy) is 2. The van der Waals surface area contributed by atoms with Crippen LogP contribution in [-0.2, 0) is 30.0 Å². The maximum atomic E-state index is 13.8. The second-order valence-electron chi connectivity index (χ2n) is 9.18. The SMILES string of the molecule is C[C@H](NP(=O)(OC[C@@H]1C[C@H](O)[C@H](n2cnc3c(N)ncnc32)O1)Oc1ccccc1)C(=O)OCc1ccccc1. The molecular formula is C26H29N6O7P. The molecule has 3 heterocycles. The van der Waals surface area contributed by atoms with Crippen molar-refractivity contribution < 1.29 is 33.0 Å². The third kappa shape index (κ3) is 6.46. The van der Waals surface area contributed by atoms with Gasteiger partial charge in [0.2, 0.25) is 0 Å². The molecular weight excluding hydrogens is 539 g/mol. The maximum absolute atomic E-state index is 13.8. The van der Waals surface area contributed by atoms with Gasteiger partial charge in [0.25, 0.3) is 0 Å². The number of para-hydroxylation sites is 1. The Morgan fingerprint density at radius 2 is 1.90 bits per heavy atom. The summed E-state index contributed by atoms with van der Waals surface area (Å²) in [5.74, 6) is -0.154. The largest absolute Gasteiger partial charge is 0.460 e. The Kier molecular flexibility index (Phi) is 8.38. The number of hydrogen-bond acceptors (Lipinski definition) is 11. The third-order valence-electron chi connectivity index (χ3n) is 6.16. The van der Waals surface area contributed by atoms with Crippen molar-refractivity contribution in [1.82, 2.24) is 24.6 Å². The van der Waals surface area contributed by atoms with E-state index >= 15 is 0 Å². The molecule has 5 rings (SSSR count). The van der Waals surface area contributed by atoms with Crippen LogP contribution in [0, 0.1) is 0 Å². The van der Waals surface area contributed by atoms with E-state index in [-0.39, 0.29) is 31.2 Å². The molecule has 1 saturated heterocycles. The first kappa shape index (κ1) is 27.7. The fraction of sp³-hybridized carbons (Fsp3) is 0.308. The smallest absolute Gasteiger partial charge is 0.459 e. The summed E-state index contributed by atoms with van der Waals surface area (Å²) in [6.45, 7) is 1.35. The summed E-state index contributed by atoms with van der Waals surface area (Å²) >= 11 is 0. The number of nitrogens with zero attached hydrogens (tertiary/aromatic N) is 4. The Labute approximate surface area is 229 Å². The summed E-state index contributed by atoms with van der Waals surface area (Å²) in [7, 11) is -4.11. The fourth-order valence-electron chi connectivity index (χ4n) is 4.18. The van der Waals surface area contributed by atoms with Crippen molar-refractivity contribution in [3.8, 4) is 5.75 Å². The Balaban J connectivity index is 1.25. The van der Waals surface area contributed by atoms with Crippen LogP contribution < -0.4 is 15.3 Å². The topological polar surface area (TPSA) is 173 Å². The first-order chi connectivity index (χ1) is 19.3. The summed E-state index contributed by atoms with van der Waals surface area (Å²) in [6.07, 6.45) is 0.503. The van der Waals surface area contributed by atoms with Crippen LogP contribution in [0.5, 0.6) is 5.75 Å². The number of imidazole rings is 1. The number of esters is 1. The maximum Gasteiger partial charge on any atom is 0.459 e. The fourth-order valence-corrected chi connectivity index (χ4v) is 5.70. The van der Waals surface area contributed by atoms with Crippen LogP contribution >= 0.6 is 7.75 Å². The van der Waals surface area contributed by atoms with Gasteiger partial charge in [0.15, 0.2) is 17.7 Å². The van der Waals surface area contributed by atoms with E-state index in [1.165, 1.54) is 19.6 Å². The number of aromatic nitrogens is 4. The van der Waals surface area contributed by atoms with E-state index < -0.39 is 38.2 Å². The van der Waals surface area contributed by atoms with E-state index in [1.807, 2.05) is 30.3 Å². The number of anilines is 1. The molecule has 14 heteroatoms. The second-order valence-corrected chi connectivity index (χ2v) is 10.9. The normalized spacial score (nSPS) is 21.1. The van der Waals surface area contributed by atoms with E-state index in [1.54, 1.807) is 34.9 Å². The summed E-state index contributed by atoms with van der Waals surface area (Å²) in [6, 6.07) is 16.6. The van der Waals surface area contributed by atoms with Gasteiger partial charge >= 0.3 is 13.7 Å². The molecule has 1 aliphatic heterocycles. The number of aliphatic hydroxyl groups is 1. The van der Waals surface area contributed by atoms with E-state index in [2.05, 4.69) is 20.0 Å². The van der Waals surface area contributed by atoms with Crippen molar-refractivity contribution in [3.63, 3.8) is 0 Å². The standard InChI is InChI=1S/C26H29N6O7P/c1-17(26(34)36-13-18-8-4-2-5-9-18)31-40(35,39-19-10-6-3-7-11-19)37-14-20-12-21(33)25(38-20)32-16-30-22-23(27)28-15-29-24(22)32/h2-11,15-17,20-21,25,33H,12-14H2,1H3,(H,31,35)(H2,27,28,29)/t17-,20-,21-,25+,40?/m0/s1. The molecule has 0 saturated carbocycles. The number of hydrogen-bond donors (Lipinski definition) is 3. The molecule has 4 aromatic rings. The second kappa shape index (κ2) is 12.1. The van der Waals surface area contributed by atoms with Crippen molar-refractivity contribution in [1.29, 1.82) is 0 Å². The lowest BCUT2D eigenvalue weighted by atomic mass is 10.2. The number of benzene rings is 2. The molecule has 4 N–H and O–H groups in total. The van der Waals surface area contributed by atoms with Gasteiger partial charge in [0.05, 0.1) is 19.0 Å². The van der Waals surface area contributed by atoms with Gasteiger partial charge in [-0.05, 0) is 24.6 Å². The van der Waals surface area contributed by atoms with Crippen molar-refractivity contribution in [2.75, 3.05) is 12.3 Å². The summed E-state index contributed by atoms with van der Waals surface area (Å²) in [4.78, 5) is 25.0. The Morgan fingerprint density at radius 3 is 2.65 bits per heavy atom. The van der Waals surface area contributed by atoms with Gasteiger partial charge in [0.1, 0.15) is 36.3 Å². The molecule has 40 heavy (non-hydrogen) atoms. The first-order valence-electron chi connectivity index (χ1n) is 12.6. The van der Waals surface area contributed by atoms with Crippen LogP contribution in [0.4, 0.5) is 5.82 Å². The van der Waals surface area contributed by atoms with Gasteiger partial charge < -0.3 is 24.8 Å². The number of nitrogen functional groups attached to an aromatic ring is 1.